The summed E-state index contributed by atoms with van der Waals surface area (Å²) in [4.78, 5) is 0. The standard InChI is InChI=1S/C16H24ClNO/c1-4-14(18)8-13-7-10(2)16(15(17)11(13)3)19-9-12-5-6-12/h7,12,14H,4-6,8-9,18H2,1-3H3. The second-order valence-electron chi connectivity index (χ2n) is 5.75. The summed E-state index contributed by atoms with van der Waals surface area (Å²) in [5, 5.41) is 0.763. The topological polar surface area (TPSA) is 35.2 Å². The van der Waals surface area contributed by atoms with Gasteiger partial charge in [0.2, 0.25) is 0 Å². The van der Waals surface area contributed by atoms with E-state index in [1.807, 2.05) is 0 Å². The highest BCUT2D eigenvalue weighted by atomic mass is 35.5. The van der Waals surface area contributed by atoms with Gasteiger partial charge in [0.15, 0.2) is 0 Å². The third kappa shape index (κ3) is 3.64. The van der Waals surface area contributed by atoms with E-state index in [1.165, 1.54) is 18.4 Å². The van der Waals surface area contributed by atoms with Crippen LogP contribution in [-0.4, -0.2) is 12.6 Å². The van der Waals surface area contributed by atoms with Gasteiger partial charge in [-0.05, 0) is 62.1 Å². The maximum atomic E-state index is 6.47. The van der Waals surface area contributed by atoms with Gasteiger partial charge in [0.1, 0.15) is 5.75 Å². The number of hydrogen-bond acceptors (Lipinski definition) is 2. The lowest BCUT2D eigenvalue weighted by Gasteiger charge is -2.18. The van der Waals surface area contributed by atoms with Crippen molar-refractivity contribution < 1.29 is 4.74 Å². The zero-order valence-corrected chi connectivity index (χ0v) is 12.9. The molecule has 1 aliphatic rings. The van der Waals surface area contributed by atoms with Gasteiger partial charge in [-0.3, -0.25) is 0 Å². The monoisotopic (exact) mass is 281 g/mol. The van der Waals surface area contributed by atoms with Gasteiger partial charge in [-0.25, -0.2) is 0 Å². The van der Waals surface area contributed by atoms with Crippen LogP contribution in [0, 0.1) is 19.8 Å². The fraction of sp³-hybridized carbons (Fsp3) is 0.625. The number of aryl methyl sites for hydroxylation is 1. The van der Waals surface area contributed by atoms with Crippen molar-refractivity contribution in [3.05, 3.63) is 27.8 Å². The molecule has 0 aromatic heterocycles. The molecule has 0 saturated heterocycles. The molecule has 1 aliphatic carbocycles. The van der Waals surface area contributed by atoms with Gasteiger partial charge in [0.05, 0.1) is 11.6 Å². The number of halogens is 1. The number of ether oxygens (including phenoxy) is 1. The Morgan fingerprint density at radius 2 is 2.11 bits per heavy atom. The molecule has 0 spiro atoms. The second-order valence-corrected chi connectivity index (χ2v) is 6.13. The minimum Gasteiger partial charge on any atom is -0.491 e. The van der Waals surface area contributed by atoms with Crippen LogP contribution in [0.2, 0.25) is 5.02 Å². The van der Waals surface area contributed by atoms with Gasteiger partial charge in [-0.2, -0.15) is 0 Å². The molecule has 0 bridgehead atoms. The molecule has 1 atom stereocenters. The summed E-state index contributed by atoms with van der Waals surface area (Å²) in [6.45, 7) is 7.04. The molecule has 0 radical (unpaired) electrons. The minimum atomic E-state index is 0.201. The first kappa shape index (κ1) is 14.7. The number of hydrogen-bond donors (Lipinski definition) is 1. The van der Waals surface area contributed by atoms with Crippen LogP contribution >= 0.6 is 11.6 Å². The zero-order chi connectivity index (χ0) is 14.0. The van der Waals surface area contributed by atoms with Gasteiger partial charge in [-0.1, -0.05) is 24.6 Å². The second kappa shape index (κ2) is 6.15. The average Bonchev–Trinajstić information content (AvgIpc) is 3.19. The fourth-order valence-corrected chi connectivity index (χ4v) is 2.55. The van der Waals surface area contributed by atoms with Crippen LogP contribution < -0.4 is 10.5 Å². The van der Waals surface area contributed by atoms with Gasteiger partial charge < -0.3 is 10.5 Å². The number of nitrogens with two attached hydrogens (primary N) is 1. The lowest BCUT2D eigenvalue weighted by atomic mass is 9.97. The molecule has 19 heavy (non-hydrogen) atoms. The van der Waals surface area contributed by atoms with Crippen molar-refractivity contribution in [2.75, 3.05) is 6.61 Å². The molecule has 2 N–H and O–H groups in total. The Kier molecular flexibility index (Phi) is 4.75. The maximum absolute atomic E-state index is 6.47. The molecule has 0 amide bonds. The molecule has 2 nitrogen and oxygen atoms in total. The first-order valence-corrected chi connectivity index (χ1v) is 7.57. The molecule has 1 aromatic rings. The van der Waals surface area contributed by atoms with Gasteiger partial charge in [-0.15, -0.1) is 0 Å². The van der Waals surface area contributed by atoms with Crippen LogP contribution in [-0.2, 0) is 6.42 Å². The van der Waals surface area contributed by atoms with Gasteiger partial charge in [0, 0.05) is 6.04 Å². The summed E-state index contributed by atoms with van der Waals surface area (Å²) in [5.74, 6) is 1.60. The van der Waals surface area contributed by atoms with E-state index in [0.717, 1.165) is 47.3 Å². The molecule has 1 saturated carbocycles. The van der Waals surface area contributed by atoms with E-state index < -0.39 is 0 Å². The van der Waals surface area contributed by atoms with Gasteiger partial charge >= 0.3 is 0 Å². The average molecular weight is 282 g/mol. The summed E-state index contributed by atoms with van der Waals surface area (Å²) < 4.78 is 5.90. The summed E-state index contributed by atoms with van der Waals surface area (Å²) in [6, 6.07) is 2.38. The molecule has 0 heterocycles. The summed E-state index contributed by atoms with van der Waals surface area (Å²) in [7, 11) is 0. The van der Waals surface area contributed by atoms with E-state index in [0.29, 0.717) is 0 Å². The summed E-state index contributed by atoms with van der Waals surface area (Å²) in [6.07, 6.45) is 4.44. The van der Waals surface area contributed by atoms with Gasteiger partial charge in [0.25, 0.3) is 0 Å². The fourth-order valence-electron chi connectivity index (χ4n) is 2.22. The normalized spacial score (nSPS) is 16.5. The highest BCUT2D eigenvalue weighted by molar-refractivity contribution is 6.33. The molecule has 3 heteroatoms. The van der Waals surface area contributed by atoms with Crippen LogP contribution in [0.25, 0.3) is 0 Å². The first-order valence-electron chi connectivity index (χ1n) is 7.19. The van der Waals surface area contributed by atoms with E-state index in [1.54, 1.807) is 0 Å². The van der Waals surface area contributed by atoms with Crippen LogP contribution in [0.5, 0.6) is 5.75 Å². The van der Waals surface area contributed by atoms with E-state index >= 15 is 0 Å². The maximum Gasteiger partial charge on any atom is 0.141 e. The minimum absolute atomic E-state index is 0.201. The summed E-state index contributed by atoms with van der Waals surface area (Å²) in [5.41, 5.74) is 9.52. The predicted molar refractivity (Wildman–Crippen MR) is 81.1 cm³/mol. The number of rotatable bonds is 6. The van der Waals surface area contributed by atoms with Crippen molar-refractivity contribution in [3.63, 3.8) is 0 Å². The Hall–Kier alpha value is -0.730. The SMILES string of the molecule is CCC(N)Cc1cc(C)c(OCC2CC2)c(Cl)c1C. The van der Waals surface area contributed by atoms with Crippen molar-refractivity contribution in [1.82, 2.24) is 0 Å². The molecule has 106 valence electrons. The molecular weight excluding hydrogens is 258 g/mol. The molecule has 1 aromatic carbocycles. The molecule has 1 unspecified atom stereocenters. The molecule has 2 rings (SSSR count). The first-order chi connectivity index (χ1) is 9.02. The Labute approximate surface area is 121 Å². The Morgan fingerprint density at radius 1 is 1.42 bits per heavy atom. The zero-order valence-electron chi connectivity index (χ0n) is 12.1. The smallest absolute Gasteiger partial charge is 0.141 e. The lowest BCUT2D eigenvalue weighted by molar-refractivity contribution is 0.297. The van der Waals surface area contributed by atoms with Crippen molar-refractivity contribution >= 4 is 11.6 Å². The Balaban J connectivity index is 2.18. The van der Waals surface area contributed by atoms with Crippen molar-refractivity contribution in [1.29, 1.82) is 0 Å². The van der Waals surface area contributed by atoms with Crippen LogP contribution in [0.15, 0.2) is 6.07 Å². The molecule has 1 fully saturated rings. The van der Waals surface area contributed by atoms with E-state index in [9.17, 15) is 0 Å². The predicted octanol–water partition coefficient (Wildman–Crippen LogP) is 4.03. The van der Waals surface area contributed by atoms with E-state index in [2.05, 4.69) is 26.8 Å². The van der Waals surface area contributed by atoms with Crippen LogP contribution in [0.4, 0.5) is 0 Å². The quantitative estimate of drug-likeness (QED) is 0.854. The van der Waals surface area contributed by atoms with Crippen LogP contribution in [0.1, 0.15) is 42.9 Å². The highest BCUT2D eigenvalue weighted by Crippen LogP contribution is 2.37. The third-order valence-electron chi connectivity index (χ3n) is 3.93. The molecule has 0 aliphatic heterocycles. The highest BCUT2D eigenvalue weighted by Gasteiger charge is 2.23. The van der Waals surface area contributed by atoms with Crippen molar-refractivity contribution in [2.24, 2.45) is 11.7 Å². The van der Waals surface area contributed by atoms with E-state index in [-0.39, 0.29) is 6.04 Å². The molecular formula is C16H24ClNO. The lowest BCUT2D eigenvalue weighted by Crippen LogP contribution is -2.22. The van der Waals surface area contributed by atoms with Crippen molar-refractivity contribution in [3.8, 4) is 5.75 Å². The summed E-state index contributed by atoms with van der Waals surface area (Å²) >= 11 is 6.47. The third-order valence-corrected chi connectivity index (χ3v) is 4.38. The van der Waals surface area contributed by atoms with E-state index in [4.69, 9.17) is 22.1 Å². The van der Waals surface area contributed by atoms with Crippen LogP contribution in [0.3, 0.4) is 0 Å². The largest absolute Gasteiger partial charge is 0.491 e. The number of benzene rings is 1. The van der Waals surface area contributed by atoms with Crippen molar-refractivity contribution in [2.45, 2.75) is 52.5 Å². The Morgan fingerprint density at radius 3 is 2.68 bits per heavy atom. The Bertz CT molecular complexity index is 455.